The van der Waals surface area contributed by atoms with E-state index in [0.717, 1.165) is 0 Å². The van der Waals surface area contributed by atoms with Crippen molar-refractivity contribution in [3.8, 4) is 5.88 Å². The van der Waals surface area contributed by atoms with Gasteiger partial charge in [-0.2, -0.15) is 5.10 Å². The molecule has 0 bridgehead atoms. The number of hydrogen-bond acceptors (Lipinski definition) is 7. The van der Waals surface area contributed by atoms with Gasteiger partial charge in [0.15, 0.2) is 0 Å². The van der Waals surface area contributed by atoms with E-state index < -0.39 is 28.0 Å². The van der Waals surface area contributed by atoms with Crippen molar-refractivity contribution in [1.82, 2.24) is 15.4 Å². The molecule has 0 aliphatic heterocycles. The van der Waals surface area contributed by atoms with E-state index in [1.54, 1.807) is 0 Å². The van der Waals surface area contributed by atoms with Gasteiger partial charge in [-0.05, 0) is 12.5 Å². The maximum atomic E-state index is 11.8. The molecule has 25 heavy (non-hydrogen) atoms. The molecule has 2 rings (SSSR count). The third-order valence-electron chi connectivity index (χ3n) is 3.14. The van der Waals surface area contributed by atoms with Crippen LogP contribution in [0.25, 0.3) is 0 Å². The maximum absolute atomic E-state index is 11.8. The van der Waals surface area contributed by atoms with Crippen molar-refractivity contribution in [3.63, 3.8) is 0 Å². The van der Waals surface area contributed by atoms with Crippen molar-refractivity contribution in [2.45, 2.75) is 13.3 Å². The Morgan fingerprint density at radius 1 is 1.28 bits per heavy atom. The number of aromatic nitrogens is 2. The van der Waals surface area contributed by atoms with Crippen LogP contribution in [0.4, 0.5) is 5.69 Å². The van der Waals surface area contributed by atoms with Crippen molar-refractivity contribution < 1.29 is 14.8 Å². The fraction of sp³-hybridized carbons (Fsp3) is 0.143. The lowest BCUT2D eigenvalue weighted by Crippen LogP contribution is -2.28. The third kappa shape index (κ3) is 4.37. The van der Waals surface area contributed by atoms with Gasteiger partial charge >= 0.3 is 5.69 Å². The van der Waals surface area contributed by atoms with Crippen molar-refractivity contribution >= 4 is 17.3 Å². The highest BCUT2D eigenvalue weighted by Crippen LogP contribution is 2.12. The van der Waals surface area contributed by atoms with Crippen molar-refractivity contribution in [2.24, 2.45) is 5.10 Å². The number of amides is 1. The average Bonchev–Trinajstić information content (AvgIpc) is 2.52. The number of hydrazone groups is 1. The molecule has 130 valence electrons. The Morgan fingerprint density at radius 3 is 2.48 bits per heavy atom. The first-order valence-electron chi connectivity index (χ1n) is 6.90. The normalized spacial score (nSPS) is 11.2. The van der Waals surface area contributed by atoms with E-state index in [9.17, 15) is 29.6 Å². The van der Waals surface area contributed by atoms with E-state index in [0.29, 0.717) is 5.56 Å². The summed E-state index contributed by atoms with van der Waals surface area (Å²) in [6.45, 7) is 1.36. The van der Waals surface area contributed by atoms with Crippen molar-refractivity contribution in [1.29, 1.82) is 0 Å². The molecule has 11 heteroatoms. The summed E-state index contributed by atoms with van der Waals surface area (Å²) >= 11 is 0. The van der Waals surface area contributed by atoms with Gasteiger partial charge in [0, 0.05) is 12.1 Å². The summed E-state index contributed by atoms with van der Waals surface area (Å²) in [5.41, 5.74) is 0.600. The van der Waals surface area contributed by atoms with Gasteiger partial charge in [-0.25, -0.2) is 10.2 Å². The number of aromatic hydroxyl groups is 1. The second-order valence-electron chi connectivity index (χ2n) is 4.96. The van der Waals surface area contributed by atoms with E-state index in [1.165, 1.54) is 31.2 Å². The second kappa shape index (κ2) is 7.21. The van der Waals surface area contributed by atoms with E-state index in [-0.39, 0.29) is 23.4 Å². The molecule has 0 aliphatic carbocycles. The van der Waals surface area contributed by atoms with Crippen LogP contribution in [-0.2, 0) is 11.2 Å². The van der Waals surface area contributed by atoms with E-state index in [2.05, 4.69) is 10.5 Å². The topological polar surface area (TPSA) is 171 Å². The summed E-state index contributed by atoms with van der Waals surface area (Å²) in [5, 5.41) is 23.8. The zero-order valence-electron chi connectivity index (χ0n) is 12.9. The second-order valence-corrected chi connectivity index (χ2v) is 4.96. The van der Waals surface area contributed by atoms with Crippen LogP contribution in [0.2, 0.25) is 0 Å². The number of H-pyrrole nitrogens is 2. The number of carbonyl (C=O) groups is 1. The first-order chi connectivity index (χ1) is 11.8. The van der Waals surface area contributed by atoms with Crippen molar-refractivity contribution in [3.05, 3.63) is 66.3 Å². The number of nitro benzene ring substituents is 1. The van der Waals surface area contributed by atoms with Gasteiger partial charge in [0.2, 0.25) is 11.8 Å². The molecular weight excluding hydrogens is 334 g/mol. The predicted octanol–water partition coefficient (Wildman–Crippen LogP) is -0.240. The number of aromatic amines is 2. The van der Waals surface area contributed by atoms with Gasteiger partial charge in [0.25, 0.3) is 11.2 Å². The molecule has 1 aromatic heterocycles. The third-order valence-corrected chi connectivity index (χ3v) is 3.14. The van der Waals surface area contributed by atoms with Crippen molar-refractivity contribution in [2.75, 3.05) is 0 Å². The molecule has 0 atom stereocenters. The SMILES string of the molecule is CC(=NNC(=O)Cc1ccc([N+](=O)[O-])cc1)c1c(O)[nH]c(=O)[nH]c1=O. The molecule has 2 aromatic rings. The fourth-order valence-corrected chi connectivity index (χ4v) is 1.97. The quantitative estimate of drug-likeness (QED) is 0.330. The summed E-state index contributed by atoms with van der Waals surface area (Å²) < 4.78 is 0. The van der Waals surface area contributed by atoms with Gasteiger partial charge < -0.3 is 5.11 Å². The van der Waals surface area contributed by atoms with Crippen LogP contribution >= 0.6 is 0 Å². The van der Waals surface area contributed by atoms with E-state index in [1.807, 2.05) is 9.97 Å². The Morgan fingerprint density at radius 2 is 1.92 bits per heavy atom. The smallest absolute Gasteiger partial charge is 0.328 e. The number of nitrogens with zero attached hydrogens (tertiary/aromatic N) is 2. The minimum absolute atomic E-state index is 0.0213. The number of benzene rings is 1. The predicted molar refractivity (Wildman–Crippen MR) is 86.5 cm³/mol. The molecule has 0 saturated carbocycles. The summed E-state index contributed by atoms with van der Waals surface area (Å²) in [5.74, 6) is -1.20. The largest absolute Gasteiger partial charge is 0.494 e. The van der Waals surface area contributed by atoms with Crippen LogP contribution in [-0.4, -0.2) is 31.6 Å². The molecule has 0 radical (unpaired) electrons. The summed E-state index contributed by atoms with van der Waals surface area (Å²) in [4.78, 5) is 48.4. The highest BCUT2D eigenvalue weighted by atomic mass is 16.6. The van der Waals surface area contributed by atoms with Crippen LogP contribution in [0.15, 0.2) is 39.0 Å². The highest BCUT2D eigenvalue weighted by molar-refractivity contribution is 6.00. The van der Waals surface area contributed by atoms with Gasteiger partial charge in [0.1, 0.15) is 5.56 Å². The Labute approximate surface area is 139 Å². The molecule has 0 fully saturated rings. The number of non-ortho nitro benzene ring substituents is 1. The summed E-state index contributed by atoms with van der Waals surface area (Å²) in [6.07, 6.45) is -0.0945. The molecule has 11 nitrogen and oxygen atoms in total. The minimum Gasteiger partial charge on any atom is -0.494 e. The molecule has 4 N–H and O–H groups in total. The Bertz CT molecular complexity index is 957. The van der Waals surface area contributed by atoms with Crippen LogP contribution in [0.3, 0.4) is 0 Å². The number of carbonyl (C=O) groups excluding carboxylic acids is 1. The molecule has 1 amide bonds. The Balaban J connectivity index is 2.08. The van der Waals surface area contributed by atoms with E-state index >= 15 is 0 Å². The molecule has 0 aliphatic rings. The number of rotatable bonds is 5. The lowest BCUT2D eigenvalue weighted by molar-refractivity contribution is -0.384. The van der Waals surface area contributed by atoms with Gasteiger partial charge in [-0.1, -0.05) is 12.1 Å². The monoisotopic (exact) mass is 347 g/mol. The lowest BCUT2D eigenvalue weighted by atomic mass is 10.1. The Hall–Kier alpha value is -3.76. The summed E-state index contributed by atoms with van der Waals surface area (Å²) in [7, 11) is 0. The lowest BCUT2D eigenvalue weighted by Gasteiger charge is -2.04. The minimum atomic E-state index is -0.874. The number of nitrogens with one attached hydrogen (secondary N) is 3. The number of hydrogen-bond donors (Lipinski definition) is 4. The van der Waals surface area contributed by atoms with Crippen LogP contribution in [0, 0.1) is 10.1 Å². The molecule has 0 spiro atoms. The molecule has 1 heterocycles. The standard InChI is InChI=1S/C14H13N5O6/c1-7(11-12(21)15-14(23)16-13(11)22)17-18-10(20)6-8-2-4-9(5-3-8)19(24)25/h2-5H,6H2,1H3,(H,18,20)(H3,15,16,21,22,23). The Kier molecular flexibility index (Phi) is 5.07. The average molecular weight is 347 g/mol. The molecular formula is C14H13N5O6. The molecule has 1 aromatic carbocycles. The fourth-order valence-electron chi connectivity index (χ4n) is 1.97. The van der Waals surface area contributed by atoms with Crippen LogP contribution < -0.4 is 16.7 Å². The van der Waals surface area contributed by atoms with Gasteiger partial charge in [-0.3, -0.25) is 29.7 Å². The van der Waals surface area contributed by atoms with E-state index in [4.69, 9.17) is 0 Å². The first-order valence-corrected chi connectivity index (χ1v) is 6.90. The van der Waals surface area contributed by atoms with Gasteiger partial charge in [-0.15, -0.1) is 0 Å². The first kappa shape index (κ1) is 17.6. The molecule has 0 saturated heterocycles. The van der Waals surface area contributed by atoms with Crippen LogP contribution in [0.1, 0.15) is 18.1 Å². The highest BCUT2D eigenvalue weighted by Gasteiger charge is 2.12. The van der Waals surface area contributed by atoms with Gasteiger partial charge in [0.05, 0.1) is 17.1 Å². The molecule has 0 unspecified atom stereocenters. The zero-order valence-corrected chi connectivity index (χ0v) is 12.9. The maximum Gasteiger partial charge on any atom is 0.328 e. The van der Waals surface area contributed by atoms with Crippen LogP contribution in [0.5, 0.6) is 5.88 Å². The zero-order chi connectivity index (χ0) is 18.6. The summed E-state index contributed by atoms with van der Waals surface area (Å²) in [6, 6.07) is 5.42. The number of nitro groups is 1.